The molecule has 3 aromatic carbocycles. The first kappa shape index (κ1) is 21.1. The maximum absolute atomic E-state index is 13.5. The second-order valence-electron chi connectivity index (χ2n) is 8.10. The first-order valence-electron chi connectivity index (χ1n) is 10.7. The minimum atomic E-state index is -3.12. The molecule has 1 N–H and O–H groups in total. The van der Waals surface area contributed by atoms with Crippen molar-refractivity contribution < 1.29 is 19.1 Å². The Balaban J connectivity index is 1.81. The van der Waals surface area contributed by atoms with Gasteiger partial charge in [0.15, 0.2) is 0 Å². The zero-order chi connectivity index (χ0) is 21.7. The van der Waals surface area contributed by atoms with Crippen LogP contribution in [0.25, 0.3) is 0 Å². The van der Waals surface area contributed by atoms with Crippen LogP contribution >= 0.6 is 0 Å². The van der Waals surface area contributed by atoms with Crippen LogP contribution in [0.15, 0.2) is 91.0 Å². The van der Waals surface area contributed by atoms with E-state index in [-0.39, 0.29) is 5.97 Å². The first-order chi connectivity index (χ1) is 15.1. The molecule has 2 atom stereocenters. The lowest BCUT2D eigenvalue weighted by molar-refractivity contribution is -0.146. The Morgan fingerprint density at radius 2 is 1.13 bits per heavy atom. The molecule has 0 saturated heterocycles. The summed E-state index contributed by atoms with van der Waals surface area (Å²) in [5.74, 6) is -1.98. The van der Waals surface area contributed by atoms with Crippen LogP contribution in [0.1, 0.15) is 25.7 Å². The summed E-state index contributed by atoms with van der Waals surface area (Å²) in [7, 11) is -3.12. The molecule has 4 rings (SSSR count). The first-order valence-corrected chi connectivity index (χ1v) is 12.6. The Hall–Kier alpha value is -3.18. The van der Waals surface area contributed by atoms with Crippen LogP contribution in [-0.2, 0) is 14.0 Å². The van der Waals surface area contributed by atoms with Gasteiger partial charge < -0.3 is 9.53 Å². The summed E-state index contributed by atoms with van der Waals surface area (Å²) in [6.07, 6.45) is 2.37. The smallest absolute Gasteiger partial charge is 0.350 e. The molecule has 0 spiro atoms. The SMILES string of the molecule is O=C(O)C1CCCC(C(=O)O[Si](c2ccccc2)(c2ccccc2)c2ccccc2)C1. The van der Waals surface area contributed by atoms with Crippen molar-refractivity contribution in [2.75, 3.05) is 0 Å². The van der Waals surface area contributed by atoms with Gasteiger partial charge in [0.25, 0.3) is 5.97 Å². The number of aliphatic carboxylic acids is 1. The molecule has 0 radical (unpaired) electrons. The highest BCUT2D eigenvalue weighted by atomic mass is 28.4. The number of benzene rings is 3. The zero-order valence-electron chi connectivity index (χ0n) is 17.3. The van der Waals surface area contributed by atoms with Gasteiger partial charge in [-0.3, -0.25) is 9.59 Å². The van der Waals surface area contributed by atoms with E-state index in [0.717, 1.165) is 22.0 Å². The van der Waals surface area contributed by atoms with E-state index in [4.69, 9.17) is 4.43 Å². The lowest BCUT2D eigenvalue weighted by atomic mass is 9.81. The van der Waals surface area contributed by atoms with Crippen molar-refractivity contribution in [3.63, 3.8) is 0 Å². The van der Waals surface area contributed by atoms with E-state index in [9.17, 15) is 14.7 Å². The molecule has 1 fully saturated rings. The van der Waals surface area contributed by atoms with Crippen molar-refractivity contribution in [2.45, 2.75) is 25.7 Å². The molecule has 2 unspecified atom stereocenters. The molecular weight excluding hydrogens is 404 g/mol. The Morgan fingerprint density at radius 1 is 0.710 bits per heavy atom. The van der Waals surface area contributed by atoms with Crippen molar-refractivity contribution in [3.05, 3.63) is 91.0 Å². The van der Waals surface area contributed by atoms with Crippen molar-refractivity contribution >= 4 is 35.8 Å². The number of rotatable bonds is 6. The fourth-order valence-corrected chi connectivity index (χ4v) is 8.37. The highest BCUT2D eigenvalue weighted by molar-refractivity contribution is 7.07. The van der Waals surface area contributed by atoms with Crippen molar-refractivity contribution in [1.29, 1.82) is 0 Å². The standard InChI is InChI=1S/C26H26O4Si/c27-25(28)20-11-10-12-21(19-20)26(29)30-31(22-13-4-1-5-14-22,23-15-6-2-7-16-23)24-17-8-3-9-18-24/h1-9,13-18,20-21H,10-12,19H2,(H,27,28). The Bertz CT molecular complexity index is 924. The summed E-state index contributed by atoms with van der Waals surface area (Å²) >= 11 is 0. The summed E-state index contributed by atoms with van der Waals surface area (Å²) in [5.41, 5.74) is 0. The number of hydrogen-bond donors (Lipinski definition) is 1. The molecule has 0 heterocycles. The average Bonchev–Trinajstić information content (AvgIpc) is 2.84. The molecule has 5 heteroatoms. The third-order valence-electron chi connectivity index (χ3n) is 6.15. The Kier molecular flexibility index (Phi) is 6.33. The quantitative estimate of drug-likeness (QED) is 0.482. The minimum absolute atomic E-state index is 0.283. The van der Waals surface area contributed by atoms with Crippen LogP contribution in [0.2, 0.25) is 0 Å². The van der Waals surface area contributed by atoms with Gasteiger partial charge in [-0.05, 0) is 34.8 Å². The number of carbonyl (C=O) groups excluding carboxylic acids is 1. The molecule has 0 aromatic heterocycles. The van der Waals surface area contributed by atoms with Crippen molar-refractivity contribution in [2.24, 2.45) is 11.8 Å². The predicted molar refractivity (Wildman–Crippen MR) is 123 cm³/mol. The molecule has 3 aromatic rings. The number of carboxylic acids is 1. The fraction of sp³-hybridized carbons (Fsp3) is 0.231. The second kappa shape index (κ2) is 9.31. The molecule has 1 aliphatic rings. The summed E-state index contributed by atoms with van der Waals surface area (Å²) in [5, 5.41) is 12.4. The van der Waals surface area contributed by atoms with Gasteiger partial charge in [-0.1, -0.05) is 97.4 Å². The lowest BCUT2D eigenvalue weighted by Gasteiger charge is -2.35. The van der Waals surface area contributed by atoms with Gasteiger partial charge in [-0.25, -0.2) is 0 Å². The normalized spacial score (nSPS) is 18.8. The van der Waals surface area contributed by atoms with E-state index < -0.39 is 26.1 Å². The number of carboxylic acid groups (broad SMARTS) is 1. The van der Waals surface area contributed by atoms with E-state index in [1.54, 1.807) is 0 Å². The average molecular weight is 431 g/mol. The molecule has 158 valence electrons. The Morgan fingerprint density at radius 3 is 1.55 bits per heavy atom. The third-order valence-corrected chi connectivity index (χ3v) is 10.1. The third kappa shape index (κ3) is 4.32. The van der Waals surface area contributed by atoms with Gasteiger partial charge in [-0.15, -0.1) is 0 Å². The Labute approximate surface area is 183 Å². The van der Waals surface area contributed by atoms with Crippen LogP contribution in [0, 0.1) is 11.8 Å². The molecular formula is C26H26O4Si. The van der Waals surface area contributed by atoms with Crippen LogP contribution < -0.4 is 15.6 Å². The summed E-state index contributed by atoms with van der Waals surface area (Å²) in [6, 6.07) is 29.9. The monoisotopic (exact) mass is 430 g/mol. The van der Waals surface area contributed by atoms with Crippen molar-refractivity contribution in [3.8, 4) is 0 Å². The molecule has 0 aliphatic heterocycles. The highest BCUT2D eigenvalue weighted by Crippen LogP contribution is 2.31. The maximum Gasteiger partial charge on any atom is 0.350 e. The van der Waals surface area contributed by atoms with Gasteiger partial charge in [0.05, 0.1) is 11.8 Å². The maximum atomic E-state index is 13.5. The van der Waals surface area contributed by atoms with Crippen molar-refractivity contribution in [1.82, 2.24) is 0 Å². The predicted octanol–water partition coefficient (Wildman–Crippen LogP) is 3.09. The summed E-state index contributed by atoms with van der Waals surface area (Å²) in [6.45, 7) is 0. The molecule has 1 aliphatic carbocycles. The van der Waals surface area contributed by atoms with E-state index in [0.29, 0.717) is 19.3 Å². The number of hydrogen-bond acceptors (Lipinski definition) is 3. The van der Waals surface area contributed by atoms with Gasteiger partial charge >= 0.3 is 14.3 Å². The van der Waals surface area contributed by atoms with Crippen LogP contribution in [0.4, 0.5) is 0 Å². The number of carbonyl (C=O) groups is 2. The van der Waals surface area contributed by atoms with Gasteiger partial charge in [-0.2, -0.15) is 0 Å². The topological polar surface area (TPSA) is 63.6 Å². The highest BCUT2D eigenvalue weighted by Gasteiger charge is 2.46. The fourth-order valence-electron chi connectivity index (χ4n) is 4.56. The van der Waals surface area contributed by atoms with Gasteiger partial charge in [0.1, 0.15) is 0 Å². The van der Waals surface area contributed by atoms with E-state index >= 15 is 0 Å². The lowest BCUT2D eigenvalue weighted by Crippen LogP contribution is -2.70. The van der Waals surface area contributed by atoms with Gasteiger partial charge in [0.2, 0.25) is 0 Å². The molecule has 0 amide bonds. The summed E-state index contributed by atoms with van der Waals surface area (Å²) < 4.78 is 6.57. The summed E-state index contributed by atoms with van der Waals surface area (Å²) in [4.78, 5) is 25.1. The van der Waals surface area contributed by atoms with Crippen LogP contribution in [0.5, 0.6) is 0 Å². The van der Waals surface area contributed by atoms with E-state index in [1.807, 2.05) is 91.0 Å². The second-order valence-corrected chi connectivity index (χ2v) is 11.4. The molecule has 4 nitrogen and oxygen atoms in total. The molecule has 31 heavy (non-hydrogen) atoms. The molecule has 0 bridgehead atoms. The van der Waals surface area contributed by atoms with Gasteiger partial charge in [0, 0.05) is 0 Å². The minimum Gasteiger partial charge on any atom is -0.505 e. The largest absolute Gasteiger partial charge is 0.505 e. The molecule has 1 saturated carbocycles. The van der Waals surface area contributed by atoms with Crippen LogP contribution in [0.3, 0.4) is 0 Å². The zero-order valence-corrected chi connectivity index (χ0v) is 18.3. The van der Waals surface area contributed by atoms with E-state index in [1.165, 1.54) is 0 Å². The van der Waals surface area contributed by atoms with E-state index in [2.05, 4.69) is 0 Å². The van der Waals surface area contributed by atoms with Crippen LogP contribution in [-0.4, -0.2) is 25.4 Å².